The molecule has 1 aliphatic rings. The van der Waals surface area contributed by atoms with E-state index in [0.717, 1.165) is 39.1 Å². The molecule has 4 rings (SSSR count). The Labute approximate surface area is 177 Å². The van der Waals surface area contributed by atoms with Gasteiger partial charge in [-0.25, -0.2) is 0 Å². The molecule has 0 N–H and O–H groups in total. The van der Waals surface area contributed by atoms with Gasteiger partial charge in [-0.1, -0.05) is 30.3 Å². The number of carbonyl (C=O) groups excluding carboxylic acids is 1. The van der Waals surface area contributed by atoms with Gasteiger partial charge in [-0.05, 0) is 60.0 Å². The maximum absolute atomic E-state index is 13.3. The van der Waals surface area contributed by atoms with Gasteiger partial charge in [0.25, 0.3) is 0 Å². The second kappa shape index (κ2) is 8.66. The van der Waals surface area contributed by atoms with Crippen molar-refractivity contribution in [2.24, 2.45) is 0 Å². The molecule has 0 fully saturated rings. The van der Waals surface area contributed by atoms with Crippen LogP contribution >= 0.6 is 0 Å². The Kier molecular flexibility index (Phi) is 5.79. The number of methoxy groups -OCH3 is 1. The molecule has 30 heavy (non-hydrogen) atoms. The van der Waals surface area contributed by atoms with Crippen LogP contribution in [0.4, 0.5) is 0 Å². The molecule has 3 aromatic carbocycles. The van der Waals surface area contributed by atoms with Gasteiger partial charge in [0, 0.05) is 13.1 Å². The number of rotatable bonds is 6. The molecule has 1 unspecified atom stereocenters. The van der Waals surface area contributed by atoms with Crippen LogP contribution in [-0.2, 0) is 11.3 Å². The van der Waals surface area contributed by atoms with Crippen LogP contribution in [0.2, 0.25) is 0 Å². The van der Waals surface area contributed by atoms with Crippen LogP contribution in [-0.4, -0.2) is 37.7 Å². The number of hydrogen-bond donors (Lipinski definition) is 0. The predicted octanol–water partition coefficient (Wildman–Crippen LogP) is 4.77. The summed E-state index contributed by atoms with van der Waals surface area (Å²) in [7, 11) is 1.66. The van der Waals surface area contributed by atoms with Crippen LogP contribution in [0.5, 0.6) is 17.2 Å². The maximum atomic E-state index is 13.3. The Morgan fingerprint density at radius 1 is 1.00 bits per heavy atom. The summed E-state index contributed by atoms with van der Waals surface area (Å²) in [4.78, 5) is 15.1. The average molecular weight is 405 g/mol. The number of hydrogen-bond acceptors (Lipinski definition) is 4. The largest absolute Gasteiger partial charge is 0.497 e. The monoisotopic (exact) mass is 405 g/mol. The second-order valence-corrected chi connectivity index (χ2v) is 7.52. The fraction of sp³-hybridized carbons (Fsp3) is 0.320. The van der Waals surface area contributed by atoms with Crippen molar-refractivity contribution in [2.75, 3.05) is 26.9 Å². The molecular weight excluding hydrogens is 378 g/mol. The first-order valence-electron chi connectivity index (χ1n) is 10.3. The highest BCUT2D eigenvalue weighted by Gasteiger charge is 2.22. The zero-order chi connectivity index (χ0) is 21.1. The molecule has 5 heteroatoms. The van der Waals surface area contributed by atoms with Gasteiger partial charge in [-0.3, -0.25) is 4.79 Å². The summed E-state index contributed by atoms with van der Waals surface area (Å²) in [5.41, 5.74) is 2.05. The molecule has 0 spiro atoms. The van der Waals surface area contributed by atoms with E-state index in [4.69, 9.17) is 14.2 Å². The van der Waals surface area contributed by atoms with Crippen molar-refractivity contribution in [3.8, 4) is 17.2 Å². The molecule has 0 radical (unpaired) electrons. The van der Waals surface area contributed by atoms with Crippen molar-refractivity contribution >= 4 is 16.7 Å². The van der Waals surface area contributed by atoms with E-state index in [9.17, 15) is 4.79 Å². The number of fused-ring (bicyclic) bond motifs is 2. The number of likely N-dealkylation sites (N-methyl/N-ethyl adjacent to an activating group) is 1. The van der Waals surface area contributed by atoms with Gasteiger partial charge in [0.1, 0.15) is 19.0 Å². The molecule has 0 saturated heterocycles. The van der Waals surface area contributed by atoms with Gasteiger partial charge in [-0.2, -0.15) is 0 Å². The average Bonchev–Trinajstić information content (AvgIpc) is 2.80. The molecule has 1 heterocycles. The van der Waals surface area contributed by atoms with E-state index >= 15 is 0 Å². The summed E-state index contributed by atoms with van der Waals surface area (Å²) < 4.78 is 16.6. The van der Waals surface area contributed by atoms with E-state index in [1.54, 1.807) is 7.11 Å². The van der Waals surface area contributed by atoms with Gasteiger partial charge in [0.15, 0.2) is 11.5 Å². The molecule has 0 aliphatic carbocycles. The Bertz CT molecular complexity index is 1060. The first-order chi connectivity index (χ1) is 14.6. The second-order valence-electron chi connectivity index (χ2n) is 7.52. The third-order valence-corrected chi connectivity index (χ3v) is 5.62. The smallest absolute Gasteiger partial charge is 0.230 e. The standard InChI is InChI=1S/C25H27NO4/c1-4-26(16-18-5-10-23-24(13-18)30-12-11-29-23)25(27)17(2)19-6-7-21-15-22(28-3)9-8-20(21)14-19/h5-10,13-15,17H,4,11-12,16H2,1-3H3. The highest BCUT2D eigenvalue weighted by Crippen LogP contribution is 2.32. The minimum Gasteiger partial charge on any atom is -0.497 e. The van der Waals surface area contributed by atoms with Crippen LogP contribution in [0.25, 0.3) is 10.8 Å². The summed E-state index contributed by atoms with van der Waals surface area (Å²) in [6.45, 7) is 6.29. The van der Waals surface area contributed by atoms with Crippen molar-refractivity contribution in [1.82, 2.24) is 4.90 Å². The molecule has 0 aromatic heterocycles. The number of amides is 1. The Morgan fingerprint density at radius 3 is 2.50 bits per heavy atom. The van der Waals surface area contributed by atoms with Crippen molar-refractivity contribution in [2.45, 2.75) is 26.3 Å². The van der Waals surface area contributed by atoms with Gasteiger partial charge in [0.2, 0.25) is 5.91 Å². The topological polar surface area (TPSA) is 48.0 Å². The van der Waals surface area contributed by atoms with Gasteiger partial charge in [-0.15, -0.1) is 0 Å². The highest BCUT2D eigenvalue weighted by atomic mass is 16.6. The zero-order valence-corrected chi connectivity index (χ0v) is 17.7. The van der Waals surface area contributed by atoms with Crippen LogP contribution in [0.15, 0.2) is 54.6 Å². The number of nitrogens with zero attached hydrogens (tertiary/aromatic N) is 1. The summed E-state index contributed by atoms with van der Waals surface area (Å²) in [5, 5.41) is 2.20. The molecule has 1 aliphatic heterocycles. The van der Waals surface area contributed by atoms with E-state index < -0.39 is 0 Å². The fourth-order valence-electron chi connectivity index (χ4n) is 3.81. The molecule has 3 aromatic rings. The minimum absolute atomic E-state index is 0.111. The third-order valence-electron chi connectivity index (χ3n) is 5.62. The van der Waals surface area contributed by atoms with E-state index in [2.05, 4.69) is 6.07 Å². The SMILES string of the molecule is CCN(Cc1ccc2c(c1)OCCO2)C(=O)C(C)c1ccc2cc(OC)ccc2c1. The highest BCUT2D eigenvalue weighted by molar-refractivity contribution is 5.88. The first-order valence-corrected chi connectivity index (χ1v) is 10.3. The lowest BCUT2D eigenvalue weighted by molar-refractivity contribution is -0.132. The lowest BCUT2D eigenvalue weighted by Gasteiger charge is -2.26. The minimum atomic E-state index is -0.228. The lowest BCUT2D eigenvalue weighted by Crippen LogP contribution is -2.33. The molecule has 5 nitrogen and oxygen atoms in total. The van der Waals surface area contributed by atoms with Crippen LogP contribution in [0.3, 0.4) is 0 Å². The normalized spacial score (nSPS) is 13.7. The molecular formula is C25H27NO4. The number of benzene rings is 3. The Balaban J connectivity index is 1.52. The Hall–Kier alpha value is -3.21. The predicted molar refractivity (Wildman–Crippen MR) is 117 cm³/mol. The van der Waals surface area contributed by atoms with E-state index in [1.807, 2.05) is 67.3 Å². The fourth-order valence-corrected chi connectivity index (χ4v) is 3.81. The number of carbonyl (C=O) groups is 1. The zero-order valence-electron chi connectivity index (χ0n) is 17.7. The maximum Gasteiger partial charge on any atom is 0.230 e. The van der Waals surface area contributed by atoms with Gasteiger partial charge in [0.05, 0.1) is 13.0 Å². The van der Waals surface area contributed by atoms with Crippen molar-refractivity contribution < 1.29 is 19.0 Å². The van der Waals surface area contributed by atoms with Crippen molar-refractivity contribution in [3.63, 3.8) is 0 Å². The van der Waals surface area contributed by atoms with Crippen LogP contribution < -0.4 is 14.2 Å². The van der Waals surface area contributed by atoms with Crippen molar-refractivity contribution in [3.05, 3.63) is 65.7 Å². The molecule has 1 amide bonds. The van der Waals surface area contributed by atoms with E-state index in [1.165, 1.54) is 0 Å². The summed E-state index contributed by atoms with van der Waals surface area (Å²) in [6.07, 6.45) is 0. The summed E-state index contributed by atoms with van der Waals surface area (Å²) in [6, 6.07) is 18.0. The molecule has 1 atom stereocenters. The quantitative estimate of drug-likeness (QED) is 0.593. The third kappa shape index (κ3) is 4.06. The van der Waals surface area contributed by atoms with Crippen LogP contribution in [0, 0.1) is 0 Å². The molecule has 0 bridgehead atoms. The summed E-state index contributed by atoms with van der Waals surface area (Å²) in [5.74, 6) is 2.23. The molecule has 0 saturated carbocycles. The Morgan fingerprint density at radius 2 is 1.73 bits per heavy atom. The number of ether oxygens (including phenoxy) is 3. The first kappa shape index (κ1) is 20.1. The van der Waals surface area contributed by atoms with Gasteiger partial charge < -0.3 is 19.1 Å². The van der Waals surface area contributed by atoms with E-state index in [-0.39, 0.29) is 11.8 Å². The summed E-state index contributed by atoms with van der Waals surface area (Å²) >= 11 is 0. The lowest BCUT2D eigenvalue weighted by atomic mass is 9.96. The van der Waals surface area contributed by atoms with E-state index in [0.29, 0.717) is 26.3 Å². The van der Waals surface area contributed by atoms with Crippen molar-refractivity contribution in [1.29, 1.82) is 0 Å². The van der Waals surface area contributed by atoms with Gasteiger partial charge >= 0.3 is 0 Å². The van der Waals surface area contributed by atoms with Crippen LogP contribution in [0.1, 0.15) is 30.9 Å². The molecule has 156 valence electrons.